The van der Waals surface area contributed by atoms with Crippen LogP contribution < -0.4 is 0 Å². The van der Waals surface area contributed by atoms with Gasteiger partial charge in [0.2, 0.25) is 5.78 Å². The third-order valence-corrected chi connectivity index (χ3v) is 4.74. The summed E-state index contributed by atoms with van der Waals surface area (Å²) in [6, 6.07) is 5.33. The molecule has 108 valence electrons. The Morgan fingerprint density at radius 2 is 2.29 bits per heavy atom. The highest BCUT2D eigenvalue weighted by atomic mass is 32.2. The third kappa shape index (κ3) is 1.79. The summed E-state index contributed by atoms with van der Waals surface area (Å²) in [5.41, 5.74) is 3.19. The fraction of sp³-hybridized carbons (Fsp3) is 0.267. The number of H-pyrrole nitrogens is 1. The quantitative estimate of drug-likeness (QED) is 0.925. The van der Waals surface area contributed by atoms with Crippen LogP contribution in [-0.2, 0) is 11.2 Å². The Morgan fingerprint density at radius 1 is 1.43 bits per heavy atom. The van der Waals surface area contributed by atoms with Gasteiger partial charge in [0, 0.05) is 28.7 Å². The van der Waals surface area contributed by atoms with Gasteiger partial charge < -0.3 is 4.98 Å². The Morgan fingerprint density at radius 3 is 3.10 bits per heavy atom. The lowest BCUT2D eigenvalue weighted by Gasteiger charge is -2.38. The van der Waals surface area contributed by atoms with Crippen LogP contribution in [0.1, 0.15) is 11.1 Å². The van der Waals surface area contributed by atoms with Crippen LogP contribution in [0.4, 0.5) is 8.28 Å². The molecule has 1 aliphatic heterocycles. The predicted molar refractivity (Wildman–Crippen MR) is 79.1 cm³/mol. The number of aromatic nitrogens is 1. The Bertz CT molecular complexity index is 783. The van der Waals surface area contributed by atoms with Gasteiger partial charge in [0.05, 0.1) is 24.6 Å². The van der Waals surface area contributed by atoms with Crippen molar-refractivity contribution < 1.29 is 13.1 Å². The lowest BCUT2D eigenvalue weighted by atomic mass is 9.81. The second-order valence-corrected chi connectivity index (χ2v) is 5.87. The van der Waals surface area contributed by atoms with E-state index in [1.54, 1.807) is 4.90 Å². The van der Waals surface area contributed by atoms with Crippen LogP contribution in [0, 0.1) is 0 Å². The minimum Gasteiger partial charge on any atom is -0.361 e. The molecule has 0 spiro atoms. The summed E-state index contributed by atoms with van der Waals surface area (Å²) in [5.74, 6) is -1.16. The number of benzene rings is 1. The molecule has 6 heteroatoms. The van der Waals surface area contributed by atoms with E-state index >= 15 is 0 Å². The maximum atomic E-state index is 14.4. The molecule has 0 saturated carbocycles. The van der Waals surface area contributed by atoms with E-state index in [0.29, 0.717) is 12.0 Å². The van der Waals surface area contributed by atoms with Crippen LogP contribution in [0.25, 0.3) is 16.5 Å². The highest BCUT2D eigenvalue weighted by Crippen LogP contribution is 2.42. The first-order valence-electron chi connectivity index (χ1n) is 6.70. The van der Waals surface area contributed by atoms with Crippen LogP contribution in [0.3, 0.4) is 0 Å². The molecule has 1 N–H and O–H groups in total. The lowest BCUT2D eigenvalue weighted by Crippen LogP contribution is -2.46. The number of halogens is 2. The molecule has 0 fully saturated rings. The molecule has 0 amide bonds. The van der Waals surface area contributed by atoms with Crippen LogP contribution in [0.15, 0.2) is 30.2 Å². The largest absolute Gasteiger partial charge is 0.361 e. The minimum absolute atomic E-state index is 0.0628. The fourth-order valence-corrected chi connectivity index (χ4v) is 3.82. The van der Waals surface area contributed by atoms with E-state index in [4.69, 9.17) is 0 Å². The number of carbonyl (C=O) groups is 1. The zero-order valence-electron chi connectivity index (χ0n) is 11.0. The standard InChI is InChI=1S/C15H12F2N2OS/c16-15-12(20)6-19(7-21-17)11-4-8-5-18-10-3-1-2-9(13(8)10)14(11)15/h1-3,5,11,18H,4,6-7H2. The van der Waals surface area contributed by atoms with Crippen LogP contribution in [-0.4, -0.2) is 34.1 Å². The highest BCUT2D eigenvalue weighted by molar-refractivity contribution is 7.94. The average molecular weight is 306 g/mol. The van der Waals surface area contributed by atoms with E-state index in [1.807, 2.05) is 24.4 Å². The number of aromatic amines is 1. The van der Waals surface area contributed by atoms with E-state index in [0.717, 1.165) is 22.0 Å². The lowest BCUT2D eigenvalue weighted by molar-refractivity contribution is -0.118. The van der Waals surface area contributed by atoms with Crippen molar-refractivity contribution in [1.82, 2.24) is 9.88 Å². The summed E-state index contributed by atoms with van der Waals surface area (Å²) in [7, 11) is 0. The molecule has 1 aromatic heterocycles. The Hall–Kier alpha value is -1.66. The van der Waals surface area contributed by atoms with Crippen LogP contribution in [0.2, 0.25) is 0 Å². The van der Waals surface area contributed by atoms with E-state index in [9.17, 15) is 13.1 Å². The number of carbonyl (C=O) groups excluding carboxylic acids is 1. The molecule has 4 rings (SSSR count). The van der Waals surface area contributed by atoms with Gasteiger partial charge in [0.1, 0.15) is 0 Å². The number of ketones is 1. The van der Waals surface area contributed by atoms with Gasteiger partial charge in [0.25, 0.3) is 0 Å². The summed E-state index contributed by atoms with van der Waals surface area (Å²) in [6.07, 6.45) is 2.51. The Labute approximate surface area is 124 Å². The maximum absolute atomic E-state index is 14.4. The molecule has 1 unspecified atom stereocenters. The molecule has 0 saturated heterocycles. The van der Waals surface area contributed by atoms with Gasteiger partial charge in [-0.15, -0.1) is 0 Å². The number of rotatable bonds is 2. The smallest absolute Gasteiger partial charge is 0.205 e. The SMILES string of the molecule is O=C1CN(CSF)C2Cc3c[nH]c4cccc(c34)C2=C1F. The van der Waals surface area contributed by atoms with Crippen LogP contribution >= 0.6 is 12.1 Å². The Balaban J connectivity index is 1.97. The molecule has 1 aromatic carbocycles. The summed E-state index contributed by atoms with van der Waals surface area (Å²) < 4.78 is 27.1. The van der Waals surface area contributed by atoms with Gasteiger partial charge in [-0.05, 0) is 23.6 Å². The molecular formula is C15H12F2N2OS. The van der Waals surface area contributed by atoms with Gasteiger partial charge in [-0.1, -0.05) is 12.1 Å². The summed E-state index contributed by atoms with van der Waals surface area (Å²) in [6.45, 7) is -0.0628. The van der Waals surface area contributed by atoms with Gasteiger partial charge >= 0.3 is 0 Å². The molecule has 0 bridgehead atoms. The molecule has 1 atom stereocenters. The molecule has 0 radical (unpaired) electrons. The number of Topliss-reactive ketones (excluding diaryl/α,β-unsaturated/α-hetero) is 1. The average Bonchev–Trinajstić information content (AvgIpc) is 2.89. The normalized spacial score (nSPS) is 22.0. The number of hydrogen-bond acceptors (Lipinski definition) is 3. The first kappa shape index (κ1) is 13.0. The van der Waals surface area contributed by atoms with Crippen molar-refractivity contribution in [1.29, 1.82) is 0 Å². The second kappa shape index (κ2) is 4.68. The van der Waals surface area contributed by atoms with E-state index in [1.165, 1.54) is 0 Å². The van der Waals surface area contributed by atoms with Crippen molar-refractivity contribution in [2.45, 2.75) is 12.5 Å². The predicted octanol–water partition coefficient (Wildman–Crippen LogP) is 3.23. The number of nitrogens with zero attached hydrogens (tertiary/aromatic N) is 1. The van der Waals surface area contributed by atoms with E-state index in [-0.39, 0.29) is 30.6 Å². The van der Waals surface area contributed by atoms with Crippen molar-refractivity contribution in [3.05, 3.63) is 41.3 Å². The molecular weight excluding hydrogens is 294 g/mol. The van der Waals surface area contributed by atoms with Crippen LogP contribution in [0.5, 0.6) is 0 Å². The minimum atomic E-state index is -0.667. The number of fused-ring (bicyclic) bond motifs is 2. The van der Waals surface area contributed by atoms with Gasteiger partial charge in [-0.3, -0.25) is 9.69 Å². The molecule has 2 aliphatic rings. The molecule has 2 heterocycles. The monoisotopic (exact) mass is 306 g/mol. The topological polar surface area (TPSA) is 36.1 Å². The molecule has 1 aliphatic carbocycles. The first-order valence-corrected chi connectivity index (χ1v) is 7.59. The summed E-state index contributed by atoms with van der Waals surface area (Å²) in [4.78, 5) is 16.8. The van der Waals surface area contributed by atoms with Crippen molar-refractivity contribution in [2.75, 3.05) is 12.4 Å². The van der Waals surface area contributed by atoms with Crippen molar-refractivity contribution >= 4 is 34.4 Å². The number of hydrogen-bond donors (Lipinski definition) is 1. The van der Waals surface area contributed by atoms with E-state index in [2.05, 4.69) is 4.98 Å². The van der Waals surface area contributed by atoms with Crippen molar-refractivity contribution in [2.24, 2.45) is 0 Å². The van der Waals surface area contributed by atoms with Gasteiger partial charge in [-0.25, -0.2) is 4.39 Å². The Kier molecular flexibility index (Phi) is 2.90. The first-order chi connectivity index (χ1) is 10.2. The molecule has 3 nitrogen and oxygen atoms in total. The number of nitrogens with one attached hydrogen (secondary N) is 1. The third-order valence-electron chi connectivity index (χ3n) is 4.31. The zero-order chi connectivity index (χ0) is 14.6. The summed E-state index contributed by atoms with van der Waals surface area (Å²) in [5, 5.41) is 0.974. The molecule has 21 heavy (non-hydrogen) atoms. The zero-order valence-corrected chi connectivity index (χ0v) is 11.8. The van der Waals surface area contributed by atoms with Crippen molar-refractivity contribution in [3.8, 4) is 0 Å². The van der Waals surface area contributed by atoms with Crippen molar-refractivity contribution in [3.63, 3.8) is 0 Å². The maximum Gasteiger partial charge on any atom is 0.205 e. The second-order valence-electron chi connectivity index (χ2n) is 5.40. The van der Waals surface area contributed by atoms with E-state index < -0.39 is 11.6 Å². The fourth-order valence-electron chi connectivity index (χ4n) is 3.42. The highest BCUT2D eigenvalue weighted by Gasteiger charge is 2.39. The van der Waals surface area contributed by atoms with Gasteiger partial charge in [-0.2, -0.15) is 3.89 Å². The molecule has 2 aromatic rings. The summed E-state index contributed by atoms with van der Waals surface area (Å²) >= 11 is 0.164. The van der Waals surface area contributed by atoms with Gasteiger partial charge in [0.15, 0.2) is 5.83 Å².